The van der Waals surface area contributed by atoms with Crippen molar-refractivity contribution < 1.29 is 51.6 Å². The first kappa shape index (κ1) is 33.8. The first-order valence-electron chi connectivity index (χ1n) is 15.4. The van der Waals surface area contributed by atoms with Gasteiger partial charge in [0, 0.05) is 24.0 Å². The van der Waals surface area contributed by atoms with E-state index >= 15 is 4.39 Å². The molecule has 1 aromatic heterocycles. The van der Waals surface area contributed by atoms with E-state index in [2.05, 4.69) is 10.3 Å². The Bertz CT molecular complexity index is 2060. The summed E-state index contributed by atoms with van der Waals surface area (Å²) in [6.07, 6.45) is 2.08. The van der Waals surface area contributed by atoms with Crippen molar-refractivity contribution in [3.05, 3.63) is 84.1 Å². The maximum Gasteiger partial charge on any atom is 0.307 e. The van der Waals surface area contributed by atoms with Crippen molar-refractivity contribution in [1.82, 2.24) is 4.98 Å². The van der Waals surface area contributed by atoms with Gasteiger partial charge in [0.2, 0.25) is 11.7 Å². The zero-order chi connectivity index (χ0) is 35.7. The van der Waals surface area contributed by atoms with E-state index in [1.165, 1.54) is 43.6 Å². The van der Waals surface area contributed by atoms with E-state index in [0.29, 0.717) is 39.7 Å². The van der Waals surface area contributed by atoms with Crippen molar-refractivity contribution in [2.45, 2.75) is 32.8 Å². The second-order valence-electron chi connectivity index (χ2n) is 12.3. The number of benzene rings is 3. The molecular weight excluding hydrogens is 656 g/mol. The molecule has 12 nitrogen and oxygen atoms in total. The van der Waals surface area contributed by atoms with Gasteiger partial charge in [-0.1, -0.05) is 6.08 Å². The minimum Gasteiger partial charge on any atom is -0.493 e. The number of pyridine rings is 1. The number of imide groups is 1. The molecule has 1 unspecified atom stereocenters. The SMILES string of the molecule is COc1cc2nccc(Oc3ccc(NC(=O)C4=CC(CC(=O)OC(C)(C)C)C(=O)N(c5ccc(F)cc5)C4=O)cc3F)c2c2c1OCCO2. The van der Waals surface area contributed by atoms with Crippen LogP contribution in [0.1, 0.15) is 27.2 Å². The quantitative estimate of drug-likeness (QED) is 0.136. The van der Waals surface area contributed by atoms with Crippen LogP contribution in [0.15, 0.2) is 72.4 Å². The van der Waals surface area contributed by atoms with Gasteiger partial charge in [0.15, 0.2) is 23.1 Å². The molecule has 0 spiro atoms. The monoisotopic (exact) mass is 687 g/mol. The maximum atomic E-state index is 15.5. The molecule has 0 radical (unpaired) electrons. The number of nitrogens with one attached hydrogen (secondary N) is 1. The number of ether oxygens (including phenoxy) is 5. The highest BCUT2D eigenvalue weighted by Gasteiger charge is 2.40. The van der Waals surface area contributed by atoms with Crippen LogP contribution in [0.2, 0.25) is 0 Å². The summed E-state index contributed by atoms with van der Waals surface area (Å²) in [4.78, 5) is 58.1. The summed E-state index contributed by atoms with van der Waals surface area (Å²) in [6.45, 7) is 5.53. The summed E-state index contributed by atoms with van der Waals surface area (Å²) < 4.78 is 57.4. The van der Waals surface area contributed by atoms with Crippen LogP contribution in [0.3, 0.4) is 0 Å². The zero-order valence-electron chi connectivity index (χ0n) is 27.4. The van der Waals surface area contributed by atoms with Gasteiger partial charge in [0.1, 0.15) is 36.0 Å². The number of halogens is 2. The zero-order valence-corrected chi connectivity index (χ0v) is 27.4. The third kappa shape index (κ3) is 6.90. The molecule has 3 amide bonds. The highest BCUT2D eigenvalue weighted by Crippen LogP contribution is 2.48. The topological polar surface area (TPSA) is 143 Å². The number of carbonyl (C=O) groups excluding carboxylic acids is 4. The third-order valence-electron chi connectivity index (χ3n) is 7.55. The molecule has 258 valence electrons. The van der Waals surface area contributed by atoms with Crippen LogP contribution in [0.5, 0.6) is 28.7 Å². The lowest BCUT2D eigenvalue weighted by Crippen LogP contribution is -2.48. The fraction of sp³-hybridized carbons (Fsp3) is 0.250. The summed E-state index contributed by atoms with van der Waals surface area (Å²) in [7, 11) is 1.49. The number of methoxy groups -OCH3 is 1. The van der Waals surface area contributed by atoms with E-state index in [0.717, 1.165) is 24.3 Å². The molecule has 0 saturated carbocycles. The molecule has 3 heterocycles. The number of carbonyl (C=O) groups is 4. The Morgan fingerprint density at radius 3 is 2.36 bits per heavy atom. The lowest BCUT2D eigenvalue weighted by atomic mass is 9.94. The fourth-order valence-corrected chi connectivity index (χ4v) is 5.44. The van der Waals surface area contributed by atoms with Crippen LogP contribution in [0.4, 0.5) is 20.2 Å². The van der Waals surface area contributed by atoms with Gasteiger partial charge in [-0.2, -0.15) is 0 Å². The van der Waals surface area contributed by atoms with Crippen LogP contribution >= 0.6 is 0 Å². The molecule has 1 N–H and O–H groups in total. The number of fused-ring (bicyclic) bond motifs is 3. The Morgan fingerprint density at radius 1 is 0.960 bits per heavy atom. The van der Waals surface area contributed by atoms with E-state index in [1.807, 2.05) is 0 Å². The second-order valence-corrected chi connectivity index (χ2v) is 12.3. The average molecular weight is 688 g/mol. The summed E-state index contributed by atoms with van der Waals surface area (Å²) >= 11 is 0. The molecule has 50 heavy (non-hydrogen) atoms. The normalized spacial score (nSPS) is 15.8. The van der Waals surface area contributed by atoms with Gasteiger partial charge >= 0.3 is 5.97 Å². The number of esters is 1. The van der Waals surface area contributed by atoms with E-state index in [1.54, 1.807) is 26.8 Å². The highest BCUT2D eigenvalue weighted by molar-refractivity contribution is 6.35. The van der Waals surface area contributed by atoms with Crippen LogP contribution in [0.25, 0.3) is 10.9 Å². The van der Waals surface area contributed by atoms with Crippen molar-refractivity contribution in [1.29, 1.82) is 0 Å². The second kappa shape index (κ2) is 13.5. The molecule has 2 aliphatic heterocycles. The smallest absolute Gasteiger partial charge is 0.307 e. The Balaban J connectivity index is 1.26. The first-order chi connectivity index (χ1) is 23.8. The number of nitrogens with zero attached hydrogens (tertiary/aromatic N) is 2. The van der Waals surface area contributed by atoms with Gasteiger partial charge in [-0.25, -0.2) is 13.7 Å². The predicted molar refractivity (Wildman–Crippen MR) is 175 cm³/mol. The standard InChI is InChI=1S/C36H31F2N3O9/c1-36(2,3)50-29(42)16-19-15-23(35(45)41(34(19)44)22-8-5-20(37)6-9-22)33(43)40-21-7-10-26(24(38)17-21)49-27-11-12-39-25-18-28(46-4)31-32(30(25)27)48-14-13-47-31/h5-12,15,17-19H,13-14,16H2,1-4H3,(H,40,43). The summed E-state index contributed by atoms with van der Waals surface area (Å²) in [5.74, 6) is -5.15. The lowest BCUT2D eigenvalue weighted by Gasteiger charge is -2.30. The van der Waals surface area contributed by atoms with Crippen molar-refractivity contribution in [3.63, 3.8) is 0 Å². The van der Waals surface area contributed by atoms with E-state index in [4.69, 9.17) is 23.7 Å². The summed E-state index contributed by atoms with van der Waals surface area (Å²) in [5, 5.41) is 2.90. The predicted octanol–water partition coefficient (Wildman–Crippen LogP) is 5.87. The van der Waals surface area contributed by atoms with Crippen molar-refractivity contribution in [2.24, 2.45) is 5.92 Å². The van der Waals surface area contributed by atoms with Gasteiger partial charge in [-0.3, -0.25) is 24.2 Å². The number of amides is 3. The third-order valence-corrected chi connectivity index (χ3v) is 7.55. The highest BCUT2D eigenvalue weighted by atomic mass is 19.1. The molecule has 0 saturated heterocycles. The molecule has 0 bridgehead atoms. The van der Waals surface area contributed by atoms with Crippen LogP contribution in [-0.4, -0.2) is 54.6 Å². The number of hydrogen-bond donors (Lipinski definition) is 1. The first-order valence-corrected chi connectivity index (χ1v) is 15.4. The Morgan fingerprint density at radius 2 is 1.68 bits per heavy atom. The molecule has 3 aromatic carbocycles. The molecule has 0 aliphatic carbocycles. The largest absolute Gasteiger partial charge is 0.493 e. The molecule has 4 aromatic rings. The minimum absolute atomic E-state index is 0.0122. The average Bonchev–Trinajstić information content (AvgIpc) is 3.06. The molecule has 1 atom stereocenters. The van der Waals surface area contributed by atoms with E-state index < -0.39 is 58.8 Å². The maximum absolute atomic E-state index is 15.5. The van der Waals surface area contributed by atoms with Crippen LogP contribution in [-0.2, 0) is 23.9 Å². The Labute approximate surface area is 284 Å². The number of anilines is 2. The van der Waals surface area contributed by atoms with Gasteiger partial charge in [0.25, 0.3) is 11.8 Å². The Hall–Kier alpha value is -6.05. The molecular formula is C36H31F2N3O9. The number of aromatic nitrogens is 1. The van der Waals surface area contributed by atoms with Gasteiger partial charge in [-0.05, 0) is 63.2 Å². The molecule has 2 aliphatic rings. The number of rotatable bonds is 8. The van der Waals surface area contributed by atoms with Crippen molar-refractivity contribution in [3.8, 4) is 28.7 Å². The Kier molecular flexibility index (Phi) is 9.11. The molecule has 6 rings (SSSR count). The van der Waals surface area contributed by atoms with Gasteiger partial charge in [-0.15, -0.1) is 0 Å². The molecule has 14 heteroatoms. The van der Waals surface area contributed by atoms with Crippen molar-refractivity contribution >= 4 is 46.0 Å². The lowest BCUT2D eigenvalue weighted by molar-refractivity contribution is -0.157. The summed E-state index contributed by atoms with van der Waals surface area (Å²) in [6, 6.07) is 11.3. The van der Waals surface area contributed by atoms with Crippen LogP contribution < -0.4 is 29.2 Å². The van der Waals surface area contributed by atoms with E-state index in [9.17, 15) is 23.6 Å². The van der Waals surface area contributed by atoms with Crippen molar-refractivity contribution in [2.75, 3.05) is 30.5 Å². The summed E-state index contributed by atoms with van der Waals surface area (Å²) in [5.41, 5.74) is -0.946. The fourth-order valence-electron chi connectivity index (χ4n) is 5.44. The van der Waals surface area contributed by atoms with Gasteiger partial charge in [0.05, 0.1) is 36.0 Å². The number of hydrogen-bond acceptors (Lipinski definition) is 10. The molecule has 0 fully saturated rings. The minimum atomic E-state index is -1.27. The van der Waals surface area contributed by atoms with Crippen LogP contribution in [0, 0.1) is 17.6 Å². The van der Waals surface area contributed by atoms with E-state index in [-0.39, 0.29) is 29.5 Å². The van der Waals surface area contributed by atoms with Gasteiger partial charge < -0.3 is 29.0 Å².